The highest BCUT2D eigenvalue weighted by Crippen LogP contribution is 2.33. The lowest BCUT2D eigenvalue weighted by Crippen LogP contribution is -2.01. The molecule has 3 rings (SSSR count). The molecule has 3 aromatic rings. The number of nitrogens with zero attached hydrogens (tertiary/aromatic N) is 3. The quantitative estimate of drug-likeness (QED) is 0.314. The fourth-order valence-corrected chi connectivity index (χ4v) is 2.81. The second-order valence-electron chi connectivity index (χ2n) is 5.63. The topological polar surface area (TPSA) is 86.7 Å². The van der Waals surface area contributed by atoms with Crippen LogP contribution in [-0.4, -0.2) is 21.2 Å². The standard InChI is InChI=1S/C17H14FN3O4/c1-9(19-25-10(2)22)11-6-14-13-8-12(21(23)24)4-5-16(13)20(3)17(14)15(18)7-11/h4-8H,1-3H3. The molecular weight excluding hydrogens is 329 g/mol. The maximum absolute atomic E-state index is 14.6. The van der Waals surface area contributed by atoms with Crippen molar-refractivity contribution in [2.24, 2.45) is 12.2 Å². The normalized spacial score (nSPS) is 11.9. The van der Waals surface area contributed by atoms with Gasteiger partial charge in [0.2, 0.25) is 0 Å². The van der Waals surface area contributed by atoms with Crippen molar-refractivity contribution in [3.05, 3.63) is 51.8 Å². The van der Waals surface area contributed by atoms with E-state index < -0.39 is 16.7 Å². The van der Waals surface area contributed by atoms with E-state index in [9.17, 15) is 19.3 Å². The van der Waals surface area contributed by atoms with Crippen molar-refractivity contribution >= 4 is 39.2 Å². The van der Waals surface area contributed by atoms with E-state index in [1.54, 1.807) is 30.7 Å². The number of carbonyl (C=O) groups excluding carboxylic acids is 1. The van der Waals surface area contributed by atoms with Gasteiger partial charge in [-0.15, -0.1) is 0 Å². The third-order valence-electron chi connectivity index (χ3n) is 3.97. The van der Waals surface area contributed by atoms with Gasteiger partial charge in [-0.1, -0.05) is 5.16 Å². The Morgan fingerprint density at radius 3 is 2.60 bits per heavy atom. The number of hydrogen-bond acceptors (Lipinski definition) is 5. The van der Waals surface area contributed by atoms with Crippen LogP contribution in [0.25, 0.3) is 21.8 Å². The van der Waals surface area contributed by atoms with Gasteiger partial charge in [-0.2, -0.15) is 0 Å². The molecule has 0 saturated heterocycles. The zero-order valence-electron chi connectivity index (χ0n) is 13.7. The second-order valence-corrected chi connectivity index (χ2v) is 5.63. The lowest BCUT2D eigenvalue weighted by atomic mass is 10.1. The van der Waals surface area contributed by atoms with Gasteiger partial charge in [0.05, 0.1) is 16.2 Å². The van der Waals surface area contributed by atoms with Crippen LogP contribution in [-0.2, 0) is 16.7 Å². The molecule has 0 aliphatic carbocycles. The van der Waals surface area contributed by atoms with Gasteiger partial charge in [-0.25, -0.2) is 9.18 Å². The molecule has 0 fully saturated rings. The minimum Gasteiger partial charge on any atom is -0.341 e. The van der Waals surface area contributed by atoms with E-state index in [4.69, 9.17) is 0 Å². The van der Waals surface area contributed by atoms with Crippen molar-refractivity contribution in [3.63, 3.8) is 0 Å². The summed E-state index contributed by atoms with van der Waals surface area (Å²) < 4.78 is 16.3. The third kappa shape index (κ3) is 2.82. The number of aryl methyl sites for hydroxylation is 1. The largest absolute Gasteiger partial charge is 0.341 e. The minimum atomic E-state index is -0.582. The van der Waals surface area contributed by atoms with Crippen LogP contribution in [0.15, 0.2) is 35.5 Å². The Morgan fingerprint density at radius 1 is 1.24 bits per heavy atom. The maximum atomic E-state index is 14.6. The summed E-state index contributed by atoms with van der Waals surface area (Å²) in [6, 6.07) is 7.35. The van der Waals surface area contributed by atoms with E-state index in [-0.39, 0.29) is 5.69 Å². The van der Waals surface area contributed by atoms with Gasteiger partial charge in [-0.3, -0.25) is 10.1 Å². The summed E-state index contributed by atoms with van der Waals surface area (Å²) in [5.41, 5.74) is 1.67. The first-order chi connectivity index (χ1) is 11.8. The van der Waals surface area contributed by atoms with E-state index in [0.717, 1.165) is 0 Å². The molecule has 0 aliphatic heterocycles. The van der Waals surface area contributed by atoms with Crippen LogP contribution >= 0.6 is 0 Å². The molecule has 0 amide bonds. The molecule has 8 heteroatoms. The first kappa shape index (κ1) is 16.6. The summed E-state index contributed by atoms with van der Waals surface area (Å²) in [4.78, 5) is 26.0. The SMILES string of the molecule is CC(=O)ON=C(C)c1cc(F)c2c(c1)c1cc([N+](=O)[O-])ccc1n2C. The van der Waals surface area contributed by atoms with Crippen molar-refractivity contribution in [1.82, 2.24) is 4.57 Å². The zero-order valence-corrected chi connectivity index (χ0v) is 13.7. The molecule has 0 unspecified atom stereocenters. The molecule has 0 radical (unpaired) electrons. The molecule has 1 aromatic heterocycles. The Balaban J connectivity index is 2.30. The number of fused-ring (bicyclic) bond motifs is 3. The molecule has 0 saturated carbocycles. The van der Waals surface area contributed by atoms with Crippen LogP contribution in [0.3, 0.4) is 0 Å². The number of hydrogen-bond donors (Lipinski definition) is 0. The molecule has 0 atom stereocenters. The number of benzene rings is 2. The summed E-state index contributed by atoms with van der Waals surface area (Å²) >= 11 is 0. The molecule has 7 nitrogen and oxygen atoms in total. The van der Waals surface area contributed by atoms with E-state index in [1.807, 2.05) is 0 Å². The fourth-order valence-electron chi connectivity index (χ4n) is 2.81. The number of halogens is 1. The van der Waals surface area contributed by atoms with E-state index in [1.165, 1.54) is 25.1 Å². The lowest BCUT2D eigenvalue weighted by Gasteiger charge is -2.04. The maximum Gasteiger partial charge on any atom is 0.331 e. The van der Waals surface area contributed by atoms with Crippen LogP contribution in [0.1, 0.15) is 19.4 Å². The molecule has 0 spiro atoms. The Labute approximate surface area is 141 Å². The number of nitro groups is 1. The molecule has 128 valence electrons. The molecule has 0 aliphatic rings. The number of nitro benzene ring substituents is 1. The summed E-state index contributed by atoms with van der Waals surface area (Å²) in [5, 5.41) is 15.8. The number of non-ortho nitro benzene ring substituents is 1. The van der Waals surface area contributed by atoms with E-state index in [2.05, 4.69) is 9.99 Å². The molecule has 25 heavy (non-hydrogen) atoms. The minimum absolute atomic E-state index is 0.0730. The van der Waals surface area contributed by atoms with Gasteiger partial charge >= 0.3 is 5.97 Å². The number of aromatic nitrogens is 1. The lowest BCUT2D eigenvalue weighted by molar-refractivity contribution is -0.384. The number of oxime groups is 1. The van der Waals surface area contributed by atoms with Crippen molar-refractivity contribution in [2.75, 3.05) is 0 Å². The Kier molecular flexibility index (Phi) is 3.96. The van der Waals surface area contributed by atoms with Crippen molar-refractivity contribution in [1.29, 1.82) is 0 Å². The molecule has 2 aromatic carbocycles. The summed E-state index contributed by atoms with van der Waals surface area (Å²) in [7, 11) is 1.69. The van der Waals surface area contributed by atoms with Crippen LogP contribution in [0, 0.1) is 15.9 Å². The van der Waals surface area contributed by atoms with Gasteiger partial charge < -0.3 is 9.40 Å². The highest BCUT2D eigenvalue weighted by atomic mass is 19.1. The van der Waals surface area contributed by atoms with Crippen LogP contribution in [0.5, 0.6) is 0 Å². The van der Waals surface area contributed by atoms with Gasteiger partial charge in [0.25, 0.3) is 5.69 Å². The molecular formula is C17H14FN3O4. The van der Waals surface area contributed by atoms with Gasteiger partial charge in [0.15, 0.2) is 0 Å². The zero-order chi connectivity index (χ0) is 18.3. The van der Waals surface area contributed by atoms with Gasteiger partial charge in [0.1, 0.15) is 5.82 Å². The van der Waals surface area contributed by atoms with Crippen molar-refractivity contribution in [3.8, 4) is 0 Å². The van der Waals surface area contributed by atoms with E-state index >= 15 is 0 Å². The predicted octanol–water partition coefficient (Wildman–Crippen LogP) is 3.67. The molecule has 0 bridgehead atoms. The number of rotatable bonds is 3. The average Bonchev–Trinajstić information content (AvgIpc) is 2.85. The first-order valence-corrected chi connectivity index (χ1v) is 7.38. The monoisotopic (exact) mass is 343 g/mol. The Morgan fingerprint density at radius 2 is 1.96 bits per heavy atom. The highest BCUT2D eigenvalue weighted by Gasteiger charge is 2.17. The third-order valence-corrected chi connectivity index (χ3v) is 3.97. The van der Waals surface area contributed by atoms with Crippen molar-refractivity contribution in [2.45, 2.75) is 13.8 Å². The first-order valence-electron chi connectivity index (χ1n) is 7.38. The smallest absolute Gasteiger partial charge is 0.331 e. The number of carbonyl (C=O) groups is 1. The predicted molar refractivity (Wildman–Crippen MR) is 91.0 cm³/mol. The summed E-state index contributed by atoms with van der Waals surface area (Å²) in [6.07, 6.45) is 0. The van der Waals surface area contributed by atoms with Gasteiger partial charge in [-0.05, 0) is 25.1 Å². The second kappa shape index (κ2) is 5.97. The molecule has 0 N–H and O–H groups in total. The van der Waals surface area contributed by atoms with Gasteiger partial charge in [0, 0.05) is 48.0 Å². The van der Waals surface area contributed by atoms with Crippen molar-refractivity contribution < 1.29 is 18.9 Å². The van der Waals surface area contributed by atoms with Crippen LogP contribution < -0.4 is 0 Å². The van der Waals surface area contributed by atoms with Crippen LogP contribution in [0.4, 0.5) is 10.1 Å². The average molecular weight is 343 g/mol. The van der Waals surface area contributed by atoms with E-state index in [0.29, 0.717) is 33.1 Å². The molecule has 1 heterocycles. The Bertz CT molecular complexity index is 1070. The summed E-state index contributed by atoms with van der Waals surface area (Å²) in [5.74, 6) is -1.08. The van der Waals surface area contributed by atoms with Crippen LogP contribution in [0.2, 0.25) is 0 Å². The summed E-state index contributed by atoms with van der Waals surface area (Å²) in [6.45, 7) is 2.79. The fraction of sp³-hybridized carbons (Fsp3) is 0.176. The highest BCUT2D eigenvalue weighted by molar-refractivity contribution is 6.12. The Hall–Kier alpha value is -3.29.